The lowest BCUT2D eigenvalue weighted by atomic mass is 10.1. The molecule has 0 amide bonds. The van der Waals surface area contributed by atoms with E-state index in [1.54, 1.807) is 0 Å². The van der Waals surface area contributed by atoms with Gasteiger partial charge < -0.3 is 28.4 Å². The standard InChI is InChI=1S/C52H84O6/c1-2-6-10-14-18-22-32-40-54-46-52(48-56-44-50-37-29-26-30-38-50)58-42-34-24-20-16-12-8-4-3-7-11-15-19-23-33-41-57-51(45-53-39-31-21-17-13-9-5-1)47-55-43-49-35-27-25-28-36-49/h1-4,25-30,35-38,51-52H,5-24,31-34,39-48H2. The van der Waals surface area contributed by atoms with Crippen molar-refractivity contribution in [1.29, 1.82) is 0 Å². The van der Waals surface area contributed by atoms with Crippen LogP contribution in [0.3, 0.4) is 0 Å². The first-order valence-electron chi connectivity index (χ1n) is 23.8. The van der Waals surface area contributed by atoms with Crippen molar-refractivity contribution in [2.75, 3.05) is 52.9 Å². The first-order chi connectivity index (χ1) is 28.9. The molecule has 1 aliphatic rings. The summed E-state index contributed by atoms with van der Waals surface area (Å²) in [7, 11) is 0. The number of benzene rings is 2. The predicted octanol–water partition coefficient (Wildman–Crippen LogP) is 13.7. The summed E-state index contributed by atoms with van der Waals surface area (Å²) in [4.78, 5) is 0. The van der Waals surface area contributed by atoms with E-state index in [1.165, 1.54) is 140 Å². The molecule has 0 aliphatic carbocycles. The van der Waals surface area contributed by atoms with Gasteiger partial charge in [-0.05, 0) is 88.2 Å². The number of rotatable bonds is 8. The largest absolute Gasteiger partial charge is 0.379 e. The summed E-state index contributed by atoms with van der Waals surface area (Å²) >= 11 is 0. The molecular formula is C52H84O6. The van der Waals surface area contributed by atoms with Gasteiger partial charge in [0.1, 0.15) is 12.2 Å². The molecule has 6 heteroatoms. The molecule has 0 fully saturated rings. The van der Waals surface area contributed by atoms with Crippen molar-refractivity contribution in [2.45, 2.75) is 180 Å². The van der Waals surface area contributed by atoms with E-state index < -0.39 is 0 Å². The zero-order valence-electron chi connectivity index (χ0n) is 36.7. The summed E-state index contributed by atoms with van der Waals surface area (Å²) in [6, 6.07) is 20.8. The molecule has 2 aromatic rings. The molecule has 2 unspecified atom stereocenters. The lowest BCUT2D eigenvalue weighted by Gasteiger charge is -2.18. The molecule has 58 heavy (non-hydrogen) atoms. The Kier molecular flexibility index (Phi) is 33.5. The molecule has 1 aliphatic heterocycles. The Balaban J connectivity index is 1.32. The summed E-state index contributed by atoms with van der Waals surface area (Å²) in [5.74, 6) is 0. The summed E-state index contributed by atoms with van der Waals surface area (Å²) in [6.45, 7) is 6.78. The SMILES string of the molecule is C1=CCCCCCCCOCC(COCc2ccccc2)OCCCCCCCC=CCCCCCCCOC(COCc2ccccc2)COCCCCCCC1. The quantitative estimate of drug-likeness (QED) is 0.248. The highest BCUT2D eigenvalue weighted by Gasteiger charge is 2.12. The minimum atomic E-state index is -0.00644. The van der Waals surface area contributed by atoms with Crippen molar-refractivity contribution in [1.82, 2.24) is 0 Å². The smallest absolute Gasteiger partial charge is 0.104 e. The van der Waals surface area contributed by atoms with E-state index in [9.17, 15) is 0 Å². The predicted molar refractivity (Wildman–Crippen MR) is 242 cm³/mol. The first-order valence-corrected chi connectivity index (χ1v) is 23.8. The molecule has 1 heterocycles. The van der Waals surface area contributed by atoms with Crippen LogP contribution in [0.4, 0.5) is 0 Å². The van der Waals surface area contributed by atoms with Gasteiger partial charge in [-0.1, -0.05) is 162 Å². The van der Waals surface area contributed by atoms with Crippen LogP contribution >= 0.6 is 0 Å². The van der Waals surface area contributed by atoms with Crippen LogP contribution in [-0.2, 0) is 41.6 Å². The van der Waals surface area contributed by atoms with Crippen LogP contribution in [0.25, 0.3) is 0 Å². The third kappa shape index (κ3) is 30.7. The van der Waals surface area contributed by atoms with E-state index in [0.717, 1.165) is 52.1 Å². The second kappa shape index (κ2) is 38.9. The molecule has 2 atom stereocenters. The Hall–Kier alpha value is -2.32. The Morgan fingerprint density at radius 2 is 0.672 bits per heavy atom. The van der Waals surface area contributed by atoms with Gasteiger partial charge in [-0.2, -0.15) is 0 Å². The van der Waals surface area contributed by atoms with E-state index in [4.69, 9.17) is 28.4 Å². The van der Waals surface area contributed by atoms with Gasteiger partial charge in [0.2, 0.25) is 0 Å². The fourth-order valence-electron chi connectivity index (χ4n) is 7.24. The number of ether oxygens (including phenoxy) is 6. The third-order valence-electron chi connectivity index (χ3n) is 10.8. The van der Waals surface area contributed by atoms with E-state index in [-0.39, 0.29) is 12.2 Å². The number of hydrogen-bond acceptors (Lipinski definition) is 6. The molecule has 0 spiro atoms. The molecule has 0 bridgehead atoms. The maximum absolute atomic E-state index is 6.28. The monoisotopic (exact) mass is 805 g/mol. The van der Waals surface area contributed by atoms with E-state index in [0.29, 0.717) is 39.6 Å². The zero-order valence-corrected chi connectivity index (χ0v) is 36.7. The third-order valence-corrected chi connectivity index (χ3v) is 10.8. The van der Waals surface area contributed by atoms with Crippen molar-refractivity contribution in [3.63, 3.8) is 0 Å². The van der Waals surface area contributed by atoms with Gasteiger partial charge >= 0.3 is 0 Å². The highest BCUT2D eigenvalue weighted by molar-refractivity contribution is 5.14. The average Bonchev–Trinajstić information content (AvgIpc) is 3.25. The fourth-order valence-corrected chi connectivity index (χ4v) is 7.24. The Morgan fingerprint density at radius 3 is 1.03 bits per heavy atom. The van der Waals surface area contributed by atoms with Crippen LogP contribution in [0.5, 0.6) is 0 Å². The average molecular weight is 805 g/mol. The molecule has 328 valence electrons. The minimum absolute atomic E-state index is 0.00644. The van der Waals surface area contributed by atoms with Crippen LogP contribution in [0.2, 0.25) is 0 Å². The molecule has 6 nitrogen and oxygen atoms in total. The van der Waals surface area contributed by atoms with Gasteiger partial charge in [0.15, 0.2) is 0 Å². The highest BCUT2D eigenvalue weighted by atomic mass is 16.6. The zero-order chi connectivity index (χ0) is 40.5. The Morgan fingerprint density at radius 1 is 0.362 bits per heavy atom. The van der Waals surface area contributed by atoms with Crippen LogP contribution < -0.4 is 0 Å². The Bertz CT molecular complexity index is 1100. The topological polar surface area (TPSA) is 55.4 Å². The van der Waals surface area contributed by atoms with Gasteiger partial charge in [0, 0.05) is 26.4 Å². The summed E-state index contributed by atoms with van der Waals surface area (Å²) in [5, 5.41) is 0. The molecule has 0 saturated carbocycles. The van der Waals surface area contributed by atoms with Crippen LogP contribution in [0, 0.1) is 0 Å². The molecule has 0 aromatic heterocycles. The maximum atomic E-state index is 6.28. The second-order valence-electron chi connectivity index (χ2n) is 16.3. The van der Waals surface area contributed by atoms with Gasteiger partial charge in [0.05, 0.1) is 39.6 Å². The maximum Gasteiger partial charge on any atom is 0.104 e. The van der Waals surface area contributed by atoms with E-state index in [1.807, 2.05) is 12.1 Å². The van der Waals surface area contributed by atoms with Crippen LogP contribution in [0.15, 0.2) is 85.0 Å². The van der Waals surface area contributed by atoms with E-state index >= 15 is 0 Å². The van der Waals surface area contributed by atoms with Crippen molar-refractivity contribution in [3.05, 3.63) is 96.1 Å². The van der Waals surface area contributed by atoms with Crippen LogP contribution in [-0.4, -0.2) is 65.1 Å². The van der Waals surface area contributed by atoms with Crippen molar-refractivity contribution >= 4 is 0 Å². The summed E-state index contributed by atoms with van der Waals surface area (Å²) in [6.07, 6.45) is 39.2. The van der Waals surface area contributed by atoms with Crippen LogP contribution in [0.1, 0.15) is 165 Å². The van der Waals surface area contributed by atoms with Gasteiger partial charge in [-0.3, -0.25) is 0 Å². The molecule has 0 saturated heterocycles. The van der Waals surface area contributed by atoms with Crippen molar-refractivity contribution < 1.29 is 28.4 Å². The lowest BCUT2D eigenvalue weighted by molar-refractivity contribution is -0.0645. The molecule has 2 aromatic carbocycles. The summed E-state index contributed by atoms with van der Waals surface area (Å²) < 4.78 is 36.9. The van der Waals surface area contributed by atoms with Crippen molar-refractivity contribution in [2.24, 2.45) is 0 Å². The minimum Gasteiger partial charge on any atom is -0.379 e. The lowest BCUT2D eigenvalue weighted by Crippen LogP contribution is -2.26. The van der Waals surface area contributed by atoms with E-state index in [2.05, 4.69) is 72.8 Å². The number of hydrogen-bond donors (Lipinski definition) is 0. The molecule has 0 radical (unpaired) electrons. The molecular weight excluding hydrogens is 721 g/mol. The van der Waals surface area contributed by atoms with Gasteiger partial charge in [0.25, 0.3) is 0 Å². The Labute approximate surface area is 355 Å². The van der Waals surface area contributed by atoms with Crippen molar-refractivity contribution in [3.8, 4) is 0 Å². The number of allylic oxidation sites excluding steroid dienone is 4. The summed E-state index contributed by atoms with van der Waals surface area (Å²) in [5.41, 5.74) is 2.40. The first kappa shape index (κ1) is 50.0. The highest BCUT2D eigenvalue weighted by Crippen LogP contribution is 2.13. The molecule has 0 N–H and O–H groups in total. The fraction of sp³-hybridized carbons (Fsp3) is 0.692. The van der Waals surface area contributed by atoms with Gasteiger partial charge in [-0.25, -0.2) is 0 Å². The molecule has 3 rings (SSSR count). The normalized spacial score (nSPS) is 22.1. The second-order valence-corrected chi connectivity index (χ2v) is 16.3. The van der Waals surface area contributed by atoms with Gasteiger partial charge in [-0.15, -0.1) is 0 Å².